The van der Waals surface area contributed by atoms with Gasteiger partial charge in [0.1, 0.15) is 11.5 Å². The van der Waals surface area contributed by atoms with Crippen molar-refractivity contribution in [3.05, 3.63) is 17.8 Å². The van der Waals surface area contributed by atoms with Gasteiger partial charge in [-0.1, -0.05) is 0 Å². The molecule has 18 heavy (non-hydrogen) atoms. The highest BCUT2D eigenvalue weighted by atomic mass is 16.1. The molecule has 1 unspecified atom stereocenters. The average Bonchev–Trinajstić information content (AvgIpc) is 2.74. The van der Waals surface area contributed by atoms with Crippen LogP contribution in [-0.4, -0.2) is 42.5 Å². The van der Waals surface area contributed by atoms with Crippen molar-refractivity contribution < 1.29 is 4.79 Å². The van der Waals surface area contributed by atoms with Crippen molar-refractivity contribution in [3.63, 3.8) is 0 Å². The van der Waals surface area contributed by atoms with Crippen LogP contribution in [0, 0.1) is 5.92 Å². The fourth-order valence-corrected chi connectivity index (χ4v) is 2.18. The summed E-state index contributed by atoms with van der Waals surface area (Å²) in [7, 11) is 2.11. The summed E-state index contributed by atoms with van der Waals surface area (Å²) in [5, 5.41) is 3.20. The van der Waals surface area contributed by atoms with Crippen molar-refractivity contribution in [3.8, 4) is 0 Å². The Hall–Kier alpha value is -1.82. The molecule has 1 aliphatic rings. The lowest BCUT2D eigenvalue weighted by Crippen LogP contribution is -2.21. The maximum absolute atomic E-state index is 11.1. The molecule has 0 saturated carbocycles. The average molecular weight is 249 g/mol. The number of hydrogen-bond acceptors (Lipinski definition) is 5. The fourth-order valence-electron chi connectivity index (χ4n) is 2.18. The number of anilines is 2. The van der Waals surface area contributed by atoms with E-state index in [9.17, 15) is 4.79 Å². The summed E-state index contributed by atoms with van der Waals surface area (Å²) < 4.78 is 0. The van der Waals surface area contributed by atoms with E-state index in [1.54, 1.807) is 6.07 Å². The Morgan fingerprint density at radius 1 is 1.61 bits per heavy atom. The molecule has 1 aromatic rings. The van der Waals surface area contributed by atoms with Crippen molar-refractivity contribution in [2.24, 2.45) is 11.7 Å². The third-order valence-electron chi connectivity index (χ3n) is 3.23. The molecule has 5 N–H and O–H groups in total. The van der Waals surface area contributed by atoms with Gasteiger partial charge in [0.25, 0.3) is 5.91 Å². The quantitative estimate of drug-likeness (QED) is 0.704. The first kappa shape index (κ1) is 12.6. The van der Waals surface area contributed by atoms with Gasteiger partial charge in [-0.25, -0.2) is 4.98 Å². The van der Waals surface area contributed by atoms with E-state index in [2.05, 4.69) is 22.2 Å². The van der Waals surface area contributed by atoms with Crippen molar-refractivity contribution in [1.82, 2.24) is 9.88 Å². The molecule has 0 spiro atoms. The second-order valence-electron chi connectivity index (χ2n) is 4.80. The molecule has 1 fully saturated rings. The van der Waals surface area contributed by atoms with E-state index in [-0.39, 0.29) is 5.69 Å². The van der Waals surface area contributed by atoms with Gasteiger partial charge in [-0.3, -0.25) is 4.79 Å². The summed E-state index contributed by atoms with van der Waals surface area (Å²) in [6.45, 7) is 3.00. The zero-order valence-electron chi connectivity index (χ0n) is 10.5. The molecule has 0 bridgehead atoms. The molecular weight excluding hydrogens is 230 g/mol. The number of amides is 1. The monoisotopic (exact) mass is 249 g/mol. The maximum Gasteiger partial charge on any atom is 0.267 e. The van der Waals surface area contributed by atoms with Gasteiger partial charge in [-0.15, -0.1) is 0 Å². The topological polar surface area (TPSA) is 97.3 Å². The Morgan fingerprint density at radius 3 is 3.00 bits per heavy atom. The van der Waals surface area contributed by atoms with E-state index in [1.165, 1.54) is 12.5 Å². The second-order valence-corrected chi connectivity index (χ2v) is 4.80. The predicted octanol–water partition coefficient (Wildman–Crippen LogP) is 0.126. The number of nitrogen functional groups attached to an aromatic ring is 1. The van der Waals surface area contributed by atoms with E-state index in [4.69, 9.17) is 11.5 Å². The van der Waals surface area contributed by atoms with E-state index < -0.39 is 5.91 Å². The summed E-state index contributed by atoms with van der Waals surface area (Å²) in [4.78, 5) is 17.5. The number of nitrogens with two attached hydrogens (primary N) is 2. The third kappa shape index (κ3) is 2.89. The lowest BCUT2D eigenvalue weighted by Gasteiger charge is -2.13. The fraction of sp³-hybridized carbons (Fsp3) is 0.500. The Balaban J connectivity index is 2.00. The molecular formula is C12H19N5O. The van der Waals surface area contributed by atoms with E-state index in [0.29, 0.717) is 17.4 Å². The number of likely N-dealkylation sites (tertiary alicyclic amines) is 1. The van der Waals surface area contributed by atoms with Crippen LogP contribution >= 0.6 is 0 Å². The Labute approximate surface area is 106 Å². The Bertz CT molecular complexity index is 448. The van der Waals surface area contributed by atoms with Crippen LogP contribution in [0.2, 0.25) is 0 Å². The van der Waals surface area contributed by atoms with Crippen LogP contribution in [0.15, 0.2) is 12.1 Å². The molecule has 1 saturated heterocycles. The second kappa shape index (κ2) is 5.22. The highest BCUT2D eigenvalue weighted by Crippen LogP contribution is 2.19. The SMILES string of the molecule is CN1CCC(CNc2nc(C(N)=O)ccc2N)C1. The van der Waals surface area contributed by atoms with Gasteiger partial charge in [0.05, 0.1) is 5.69 Å². The molecule has 2 heterocycles. The number of carbonyl (C=O) groups is 1. The molecule has 1 aromatic heterocycles. The number of carbonyl (C=O) groups excluding carboxylic acids is 1. The van der Waals surface area contributed by atoms with Gasteiger partial charge in [0, 0.05) is 13.1 Å². The van der Waals surface area contributed by atoms with Crippen LogP contribution in [0.1, 0.15) is 16.9 Å². The maximum atomic E-state index is 11.1. The van der Waals surface area contributed by atoms with Crippen LogP contribution < -0.4 is 16.8 Å². The standard InChI is InChI=1S/C12H19N5O/c1-17-5-4-8(7-17)6-15-12-9(13)2-3-10(16-12)11(14)18/h2-3,8H,4-7,13H2,1H3,(H2,14,18)(H,15,16). The number of primary amides is 1. The Kier molecular flexibility index (Phi) is 3.66. The number of nitrogens with zero attached hydrogens (tertiary/aromatic N) is 2. The number of nitrogens with one attached hydrogen (secondary N) is 1. The molecule has 1 aliphatic heterocycles. The van der Waals surface area contributed by atoms with Crippen molar-refractivity contribution in [2.75, 3.05) is 37.7 Å². The van der Waals surface area contributed by atoms with Crippen LogP contribution in [0.4, 0.5) is 11.5 Å². The molecule has 1 atom stereocenters. The minimum atomic E-state index is -0.543. The molecule has 2 rings (SSSR count). The van der Waals surface area contributed by atoms with Crippen LogP contribution in [0.25, 0.3) is 0 Å². The van der Waals surface area contributed by atoms with Gasteiger partial charge in [0.15, 0.2) is 0 Å². The number of pyridine rings is 1. The lowest BCUT2D eigenvalue weighted by molar-refractivity contribution is 0.0996. The largest absolute Gasteiger partial charge is 0.396 e. The van der Waals surface area contributed by atoms with Crippen LogP contribution in [-0.2, 0) is 0 Å². The van der Waals surface area contributed by atoms with Crippen molar-refractivity contribution >= 4 is 17.4 Å². The summed E-state index contributed by atoms with van der Waals surface area (Å²) >= 11 is 0. The van der Waals surface area contributed by atoms with Gasteiger partial charge >= 0.3 is 0 Å². The van der Waals surface area contributed by atoms with Crippen molar-refractivity contribution in [2.45, 2.75) is 6.42 Å². The van der Waals surface area contributed by atoms with Gasteiger partial charge in [0.2, 0.25) is 0 Å². The molecule has 1 amide bonds. The first-order chi connectivity index (χ1) is 8.56. The van der Waals surface area contributed by atoms with Crippen LogP contribution in [0.3, 0.4) is 0 Å². The van der Waals surface area contributed by atoms with Crippen molar-refractivity contribution in [1.29, 1.82) is 0 Å². The number of rotatable bonds is 4. The van der Waals surface area contributed by atoms with Gasteiger partial charge < -0.3 is 21.7 Å². The number of aromatic nitrogens is 1. The molecule has 0 aromatic carbocycles. The van der Waals surface area contributed by atoms with E-state index in [1.807, 2.05) is 0 Å². The summed E-state index contributed by atoms with van der Waals surface area (Å²) in [6, 6.07) is 3.18. The predicted molar refractivity (Wildman–Crippen MR) is 71.3 cm³/mol. The van der Waals surface area contributed by atoms with E-state index in [0.717, 1.165) is 19.6 Å². The molecule has 6 heteroatoms. The molecule has 98 valence electrons. The highest BCUT2D eigenvalue weighted by molar-refractivity contribution is 5.91. The Morgan fingerprint density at radius 2 is 2.39 bits per heavy atom. The third-order valence-corrected chi connectivity index (χ3v) is 3.23. The smallest absolute Gasteiger partial charge is 0.267 e. The minimum Gasteiger partial charge on any atom is -0.396 e. The minimum absolute atomic E-state index is 0.232. The molecule has 6 nitrogen and oxygen atoms in total. The lowest BCUT2D eigenvalue weighted by atomic mass is 10.1. The summed E-state index contributed by atoms with van der Waals surface area (Å²) in [6.07, 6.45) is 1.17. The summed E-state index contributed by atoms with van der Waals surface area (Å²) in [5.74, 6) is 0.591. The normalized spacial score (nSPS) is 19.9. The zero-order valence-corrected chi connectivity index (χ0v) is 10.5. The summed E-state index contributed by atoms with van der Waals surface area (Å²) in [5.41, 5.74) is 11.8. The highest BCUT2D eigenvalue weighted by Gasteiger charge is 2.19. The molecule has 0 radical (unpaired) electrons. The zero-order chi connectivity index (χ0) is 13.1. The van der Waals surface area contributed by atoms with Gasteiger partial charge in [-0.2, -0.15) is 0 Å². The van der Waals surface area contributed by atoms with E-state index >= 15 is 0 Å². The number of hydrogen-bond donors (Lipinski definition) is 3. The first-order valence-corrected chi connectivity index (χ1v) is 6.05. The van der Waals surface area contributed by atoms with Gasteiger partial charge in [-0.05, 0) is 38.1 Å². The molecule has 0 aliphatic carbocycles. The first-order valence-electron chi connectivity index (χ1n) is 6.05. The van der Waals surface area contributed by atoms with Crippen LogP contribution in [0.5, 0.6) is 0 Å².